The topological polar surface area (TPSA) is 16.1 Å². The fourth-order valence-electron chi connectivity index (χ4n) is 3.23. The molecule has 0 radical (unpaired) electrons. The van der Waals surface area contributed by atoms with Gasteiger partial charge < -0.3 is 4.90 Å². The molecule has 16 heavy (non-hydrogen) atoms. The van der Waals surface area contributed by atoms with Crippen LogP contribution in [0.15, 0.2) is 18.3 Å². The minimum Gasteiger partial charge on any atom is -0.353 e. The van der Waals surface area contributed by atoms with E-state index in [1.807, 2.05) is 6.07 Å². The lowest BCUT2D eigenvalue weighted by Gasteiger charge is -2.32. The Morgan fingerprint density at radius 3 is 2.88 bits per heavy atom. The Morgan fingerprint density at radius 2 is 2.06 bits per heavy atom. The Morgan fingerprint density at radius 1 is 1.19 bits per heavy atom. The Labute approximate surface area is 102 Å². The number of fused-ring (bicyclic) bond motifs is 1. The maximum absolute atomic E-state index is 5.87. The predicted octanol–water partition coefficient (Wildman–Crippen LogP) is 3.50. The van der Waals surface area contributed by atoms with E-state index in [1.54, 1.807) is 6.20 Å². The summed E-state index contributed by atoms with van der Waals surface area (Å²) in [7, 11) is 0. The summed E-state index contributed by atoms with van der Waals surface area (Å²) in [5.41, 5.74) is 0. The second kappa shape index (κ2) is 4.25. The lowest BCUT2D eigenvalue weighted by atomic mass is 9.85. The van der Waals surface area contributed by atoms with Crippen molar-refractivity contribution in [2.45, 2.75) is 38.1 Å². The number of nitrogens with zero attached hydrogens (tertiary/aromatic N) is 2. The summed E-state index contributed by atoms with van der Waals surface area (Å²) in [5.74, 6) is 2.02. The summed E-state index contributed by atoms with van der Waals surface area (Å²) in [6, 6.07) is 4.74. The maximum Gasteiger partial charge on any atom is 0.128 e. The van der Waals surface area contributed by atoms with Gasteiger partial charge in [-0.15, -0.1) is 0 Å². The van der Waals surface area contributed by atoms with Crippen LogP contribution in [0.3, 0.4) is 0 Å². The minimum absolute atomic E-state index is 0.725. The first-order valence-electron chi connectivity index (χ1n) is 6.23. The molecule has 1 saturated heterocycles. The van der Waals surface area contributed by atoms with Gasteiger partial charge in [0.2, 0.25) is 0 Å². The lowest BCUT2D eigenvalue weighted by molar-refractivity contribution is 0.341. The first-order chi connectivity index (χ1) is 7.84. The molecule has 0 amide bonds. The lowest BCUT2D eigenvalue weighted by Crippen LogP contribution is -2.35. The summed E-state index contributed by atoms with van der Waals surface area (Å²) >= 11 is 5.87. The molecular formula is C13H17ClN2. The van der Waals surface area contributed by atoms with Crippen molar-refractivity contribution in [1.82, 2.24) is 4.98 Å². The van der Waals surface area contributed by atoms with Crippen LogP contribution in [0.2, 0.25) is 5.02 Å². The smallest absolute Gasteiger partial charge is 0.128 e. The van der Waals surface area contributed by atoms with E-state index in [-0.39, 0.29) is 0 Å². The SMILES string of the molecule is Clc1ccc(N2CCC3CCCCC32)nc1. The average molecular weight is 237 g/mol. The standard InChI is InChI=1S/C13H17ClN2/c14-11-5-6-13(15-9-11)16-8-7-10-3-1-2-4-12(10)16/h5-6,9-10,12H,1-4,7-8H2. The normalized spacial score (nSPS) is 29.2. The number of halogens is 1. The Hall–Kier alpha value is -0.760. The molecule has 0 aromatic carbocycles. The second-order valence-electron chi connectivity index (χ2n) is 4.93. The molecule has 2 nitrogen and oxygen atoms in total. The molecule has 2 heterocycles. The van der Waals surface area contributed by atoms with Crippen molar-refractivity contribution in [1.29, 1.82) is 0 Å². The summed E-state index contributed by atoms with van der Waals surface area (Å²) in [6.07, 6.45) is 8.65. The van der Waals surface area contributed by atoms with Crippen LogP contribution in [0.25, 0.3) is 0 Å². The Kier molecular flexibility index (Phi) is 2.76. The van der Waals surface area contributed by atoms with E-state index in [0.29, 0.717) is 0 Å². The Bertz CT molecular complexity index is 363. The van der Waals surface area contributed by atoms with Crippen LogP contribution in [0.1, 0.15) is 32.1 Å². The number of rotatable bonds is 1. The highest BCUT2D eigenvalue weighted by Gasteiger charge is 2.36. The zero-order chi connectivity index (χ0) is 11.0. The molecule has 0 spiro atoms. The van der Waals surface area contributed by atoms with Crippen LogP contribution in [0.5, 0.6) is 0 Å². The van der Waals surface area contributed by atoms with Gasteiger partial charge in [0, 0.05) is 18.8 Å². The Balaban J connectivity index is 1.82. The summed E-state index contributed by atoms with van der Waals surface area (Å²) in [5, 5.41) is 0.725. The molecule has 0 bridgehead atoms. The number of hydrogen-bond acceptors (Lipinski definition) is 2. The molecule has 2 unspecified atom stereocenters. The van der Waals surface area contributed by atoms with E-state index in [1.165, 1.54) is 38.6 Å². The molecule has 1 aliphatic heterocycles. The molecule has 86 valence electrons. The maximum atomic E-state index is 5.87. The predicted molar refractivity (Wildman–Crippen MR) is 67.0 cm³/mol. The highest BCUT2D eigenvalue weighted by Crippen LogP contribution is 2.38. The third-order valence-electron chi connectivity index (χ3n) is 4.02. The number of hydrogen-bond donors (Lipinski definition) is 0. The fourth-order valence-corrected chi connectivity index (χ4v) is 3.34. The average Bonchev–Trinajstić information content (AvgIpc) is 2.74. The van der Waals surface area contributed by atoms with E-state index >= 15 is 0 Å². The van der Waals surface area contributed by atoms with Crippen molar-refractivity contribution < 1.29 is 0 Å². The molecule has 2 aliphatic rings. The van der Waals surface area contributed by atoms with Gasteiger partial charge in [0.25, 0.3) is 0 Å². The summed E-state index contributed by atoms with van der Waals surface area (Å²) in [4.78, 5) is 6.93. The molecule has 1 aromatic rings. The van der Waals surface area contributed by atoms with Crippen molar-refractivity contribution in [3.8, 4) is 0 Å². The summed E-state index contributed by atoms with van der Waals surface area (Å²) < 4.78 is 0. The van der Waals surface area contributed by atoms with Crippen molar-refractivity contribution >= 4 is 17.4 Å². The van der Waals surface area contributed by atoms with Crippen molar-refractivity contribution in [3.63, 3.8) is 0 Å². The molecule has 1 saturated carbocycles. The molecule has 3 heteroatoms. The molecule has 1 aliphatic carbocycles. The summed E-state index contributed by atoms with van der Waals surface area (Å²) in [6.45, 7) is 1.17. The van der Waals surface area contributed by atoms with Gasteiger partial charge in [-0.2, -0.15) is 0 Å². The van der Waals surface area contributed by atoms with Gasteiger partial charge in [-0.1, -0.05) is 24.4 Å². The molecule has 2 fully saturated rings. The van der Waals surface area contributed by atoms with Crippen LogP contribution in [0.4, 0.5) is 5.82 Å². The highest BCUT2D eigenvalue weighted by atomic mass is 35.5. The largest absolute Gasteiger partial charge is 0.353 e. The first kappa shape index (κ1) is 10.4. The third-order valence-corrected chi connectivity index (χ3v) is 4.24. The molecule has 0 N–H and O–H groups in total. The number of aromatic nitrogens is 1. The van der Waals surface area contributed by atoms with E-state index in [9.17, 15) is 0 Å². The van der Waals surface area contributed by atoms with Gasteiger partial charge in [0.1, 0.15) is 5.82 Å². The highest BCUT2D eigenvalue weighted by molar-refractivity contribution is 6.30. The van der Waals surface area contributed by atoms with Crippen LogP contribution >= 0.6 is 11.6 Å². The quantitative estimate of drug-likeness (QED) is 0.742. The van der Waals surface area contributed by atoms with Crippen molar-refractivity contribution in [3.05, 3.63) is 23.4 Å². The zero-order valence-electron chi connectivity index (χ0n) is 9.40. The van der Waals surface area contributed by atoms with Gasteiger partial charge in [-0.25, -0.2) is 4.98 Å². The number of pyridine rings is 1. The van der Waals surface area contributed by atoms with Crippen molar-refractivity contribution in [2.75, 3.05) is 11.4 Å². The van der Waals surface area contributed by atoms with E-state index in [2.05, 4.69) is 16.0 Å². The van der Waals surface area contributed by atoms with Gasteiger partial charge in [-0.05, 0) is 37.3 Å². The van der Waals surface area contributed by atoms with Crippen LogP contribution < -0.4 is 4.90 Å². The van der Waals surface area contributed by atoms with Crippen LogP contribution in [-0.2, 0) is 0 Å². The van der Waals surface area contributed by atoms with Crippen molar-refractivity contribution in [2.24, 2.45) is 5.92 Å². The van der Waals surface area contributed by atoms with Crippen LogP contribution in [0, 0.1) is 5.92 Å². The number of anilines is 1. The molecule has 3 rings (SSSR count). The van der Waals surface area contributed by atoms with Gasteiger partial charge in [-0.3, -0.25) is 0 Å². The van der Waals surface area contributed by atoms with E-state index < -0.39 is 0 Å². The minimum atomic E-state index is 0.725. The first-order valence-corrected chi connectivity index (χ1v) is 6.60. The molecule has 2 atom stereocenters. The third kappa shape index (κ3) is 1.80. The van der Waals surface area contributed by atoms with E-state index in [4.69, 9.17) is 11.6 Å². The van der Waals surface area contributed by atoms with Gasteiger partial charge in [0.05, 0.1) is 5.02 Å². The monoisotopic (exact) mass is 236 g/mol. The van der Waals surface area contributed by atoms with Crippen LogP contribution in [-0.4, -0.2) is 17.6 Å². The molecule has 1 aromatic heterocycles. The molecular weight excluding hydrogens is 220 g/mol. The van der Waals surface area contributed by atoms with Gasteiger partial charge in [0.15, 0.2) is 0 Å². The van der Waals surface area contributed by atoms with Gasteiger partial charge >= 0.3 is 0 Å². The zero-order valence-corrected chi connectivity index (χ0v) is 10.2. The second-order valence-corrected chi connectivity index (χ2v) is 5.37. The fraction of sp³-hybridized carbons (Fsp3) is 0.615. The van der Waals surface area contributed by atoms with E-state index in [0.717, 1.165) is 22.8 Å².